The minimum Gasteiger partial charge on any atom is -0.299 e. The topological polar surface area (TPSA) is 20.3 Å². The van der Waals surface area contributed by atoms with E-state index in [1.54, 1.807) is 0 Å². The molecule has 0 N–H and O–H groups in total. The van der Waals surface area contributed by atoms with Crippen molar-refractivity contribution in [1.82, 2.24) is 4.90 Å². The molecule has 0 radical (unpaired) electrons. The molecule has 2 nitrogen and oxygen atoms in total. The predicted molar refractivity (Wildman–Crippen MR) is 104 cm³/mol. The first kappa shape index (κ1) is 17.1. The van der Waals surface area contributed by atoms with Gasteiger partial charge in [-0.15, -0.1) is 0 Å². The van der Waals surface area contributed by atoms with Crippen LogP contribution in [0.25, 0.3) is 11.1 Å². The second kappa shape index (κ2) is 7.91. The smallest absolute Gasteiger partial charge is 0.180 e. The Morgan fingerprint density at radius 3 is 1.84 bits per heavy atom. The van der Waals surface area contributed by atoms with Gasteiger partial charge in [0.15, 0.2) is 5.78 Å². The SMILES string of the molecule is CN(C)C(Cc1ccccc1)C(=O)c1ccc(-c2ccccc2)cc1. The maximum Gasteiger partial charge on any atom is 0.180 e. The van der Waals surface area contributed by atoms with Gasteiger partial charge in [-0.1, -0.05) is 84.9 Å². The number of carbonyl (C=O) groups excluding carboxylic acids is 1. The van der Waals surface area contributed by atoms with Crippen LogP contribution in [-0.2, 0) is 6.42 Å². The first-order chi connectivity index (χ1) is 12.1. The Hall–Kier alpha value is -2.71. The Bertz CT molecular complexity index is 808. The van der Waals surface area contributed by atoms with Crippen LogP contribution in [0.1, 0.15) is 15.9 Å². The molecular weight excluding hydrogens is 306 g/mol. The molecule has 0 saturated heterocycles. The van der Waals surface area contributed by atoms with Crippen LogP contribution in [0.15, 0.2) is 84.9 Å². The summed E-state index contributed by atoms with van der Waals surface area (Å²) < 4.78 is 0. The van der Waals surface area contributed by atoms with E-state index in [9.17, 15) is 4.79 Å². The lowest BCUT2D eigenvalue weighted by Crippen LogP contribution is -2.37. The van der Waals surface area contributed by atoms with Gasteiger partial charge in [0, 0.05) is 5.56 Å². The molecule has 3 rings (SSSR count). The lowest BCUT2D eigenvalue weighted by atomic mass is 9.95. The van der Waals surface area contributed by atoms with Crippen LogP contribution in [0.4, 0.5) is 0 Å². The van der Waals surface area contributed by atoms with Gasteiger partial charge in [-0.3, -0.25) is 9.69 Å². The van der Waals surface area contributed by atoms with Crippen molar-refractivity contribution in [3.05, 3.63) is 96.1 Å². The van der Waals surface area contributed by atoms with Gasteiger partial charge in [-0.2, -0.15) is 0 Å². The van der Waals surface area contributed by atoms with Crippen molar-refractivity contribution in [1.29, 1.82) is 0 Å². The molecule has 0 spiro atoms. The summed E-state index contributed by atoms with van der Waals surface area (Å²) in [7, 11) is 3.92. The maximum absolute atomic E-state index is 13.0. The fourth-order valence-electron chi connectivity index (χ4n) is 3.00. The van der Waals surface area contributed by atoms with Crippen LogP contribution in [0.5, 0.6) is 0 Å². The predicted octanol–water partition coefficient (Wildman–Crippen LogP) is 4.71. The molecule has 0 aliphatic rings. The standard InChI is InChI=1S/C23H23NO/c1-24(2)22(17-18-9-5-3-6-10-18)23(25)21-15-13-20(14-16-21)19-11-7-4-8-12-19/h3-16,22H,17H2,1-2H3. The number of likely N-dealkylation sites (N-methyl/N-ethyl adjacent to an activating group) is 1. The normalized spacial score (nSPS) is 12.1. The highest BCUT2D eigenvalue weighted by Gasteiger charge is 2.22. The number of Topliss-reactive ketones (excluding diaryl/α,β-unsaturated/α-hetero) is 1. The third-order valence-electron chi connectivity index (χ3n) is 4.47. The Morgan fingerprint density at radius 2 is 1.28 bits per heavy atom. The number of benzene rings is 3. The first-order valence-corrected chi connectivity index (χ1v) is 8.55. The molecule has 2 heteroatoms. The molecule has 126 valence electrons. The van der Waals surface area contributed by atoms with Crippen molar-refractivity contribution in [2.24, 2.45) is 0 Å². The van der Waals surface area contributed by atoms with Crippen LogP contribution < -0.4 is 0 Å². The molecule has 0 bridgehead atoms. The average molecular weight is 329 g/mol. The van der Waals surface area contributed by atoms with E-state index in [-0.39, 0.29) is 11.8 Å². The van der Waals surface area contributed by atoms with Gasteiger partial charge in [-0.05, 0) is 37.2 Å². The molecule has 3 aromatic carbocycles. The van der Waals surface area contributed by atoms with E-state index in [4.69, 9.17) is 0 Å². The average Bonchev–Trinajstić information content (AvgIpc) is 2.67. The van der Waals surface area contributed by atoms with Crippen LogP contribution in [0.3, 0.4) is 0 Å². The van der Waals surface area contributed by atoms with Crippen molar-refractivity contribution in [2.45, 2.75) is 12.5 Å². The highest BCUT2D eigenvalue weighted by atomic mass is 16.1. The second-order valence-corrected chi connectivity index (χ2v) is 6.48. The van der Waals surface area contributed by atoms with Crippen LogP contribution in [-0.4, -0.2) is 30.8 Å². The van der Waals surface area contributed by atoms with Gasteiger partial charge in [0.1, 0.15) is 0 Å². The molecule has 1 atom stereocenters. The summed E-state index contributed by atoms with van der Waals surface area (Å²) in [6, 6.07) is 28.1. The van der Waals surface area contributed by atoms with Crippen molar-refractivity contribution < 1.29 is 4.79 Å². The highest BCUT2D eigenvalue weighted by molar-refractivity contribution is 6.00. The maximum atomic E-state index is 13.0. The second-order valence-electron chi connectivity index (χ2n) is 6.48. The van der Waals surface area contributed by atoms with Gasteiger partial charge in [0.05, 0.1) is 6.04 Å². The molecule has 0 fully saturated rings. The number of hydrogen-bond donors (Lipinski definition) is 0. The van der Waals surface area contributed by atoms with Gasteiger partial charge >= 0.3 is 0 Å². The molecule has 0 aromatic heterocycles. The fourth-order valence-corrected chi connectivity index (χ4v) is 3.00. The summed E-state index contributed by atoms with van der Waals surface area (Å²) in [6.45, 7) is 0. The van der Waals surface area contributed by atoms with Gasteiger partial charge in [-0.25, -0.2) is 0 Å². The largest absolute Gasteiger partial charge is 0.299 e. The van der Waals surface area contributed by atoms with E-state index in [0.717, 1.165) is 16.7 Å². The van der Waals surface area contributed by atoms with Crippen molar-refractivity contribution in [3.63, 3.8) is 0 Å². The molecule has 0 aliphatic carbocycles. The molecule has 1 unspecified atom stereocenters. The monoisotopic (exact) mass is 329 g/mol. The summed E-state index contributed by atoms with van der Waals surface area (Å²) in [4.78, 5) is 15.0. The third-order valence-corrected chi connectivity index (χ3v) is 4.47. The molecule has 3 aromatic rings. The summed E-state index contributed by atoms with van der Waals surface area (Å²) in [5, 5.41) is 0. The van der Waals surface area contributed by atoms with Crippen LogP contribution in [0.2, 0.25) is 0 Å². The summed E-state index contributed by atoms with van der Waals surface area (Å²) in [6.07, 6.45) is 0.715. The van der Waals surface area contributed by atoms with E-state index in [0.29, 0.717) is 6.42 Å². The Balaban J connectivity index is 1.80. The third kappa shape index (κ3) is 4.23. The molecular formula is C23H23NO. The lowest BCUT2D eigenvalue weighted by Gasteiger charge is -2.23. The zero-order valence-corrected chi connectivity index (χ0v) is 14.7. The number of carbonyl (C=O) groups is 1. The molecule has 0 heterocycles. The number of rotatable bonds is 6. The highest BCUT2D eigenvalue weighted by Crippen LogP contribution is 2.21. The van der Waals surface area contributed by atoms with E-state index < -0.39 is 0 Å². The number of ketones is 1. The van der Waals surface area contributed by atoms with Crippen molar-refractivity contribution in [2.75, 3.05) is 14.1 Å². The number of nitrogens with zero attached hydrogens (tertiary/aromatic N) is 1. The molecule has 25 heavy (non-hydrogen) atoms. The summed E-state index contributed by atoms with van der Waals surface area (Å²) in [5.74, 6) is 0.161. The molecule has 0 saturated carbocycles. The molecule has 0 aliphatic heterocycles. The lowest BCUT2D eigenvalue weighted by molar-refractivity contribution is 0.0875. The van der Waals surface area contributed by atoms with Crippen molar-refractivity contribution >= 4 is 5.78 Å². The zero-order valence-electron chi connectivity index (χ0n) is 14.7. The summed E-state index contributed by atoms with van der Waals surface area (Å²) >= 11 is 0. The van der Waals surface area contributed by atoms with E-state index in [2.05, 4.69) is 24.3 Å². The zero-order chi connectivity index (χ0) is 17.6. The van der Waals surface area contributed by atoms with E-state index in [1.807, 2.05) is 79.7 Å². The Kier molecular flexibility index (Phi) is 5.42. The van der Waals surface area contributed by atoms with E-state index in [1.165, 1.54) is 5.56 Å². The molecule has 0 amide bonds. The van der Waals surface area contributed by atoms with Gasteiger partial charge in [0.2, 0.25) is 0 Å². The quantitative estimate of drug-likeness (QED) is 0.611. The Labute approximate surface area is 149 Å². The van der Waals surface area contributed by atoms with Crippen molar-refractivity contribution in [3.8, 4) is 11.1 Å². The van der Waals surface area contributed by atoms with E-state index >= 15 is 0 Å². The van der Waals surface area contributed by atoms with Gasteiger partial charge < -0.3 is 0 Å². The minimum absolute atomic E-state index is 0.161. The van der Waals surface area contributed by atoms with Crippen LogP contribution >= 0.6 is 0 Å². The van der Waals surface area contributed by atoms with Crippen LogP contribution in [0, 0.1) is 0 Å². The fraction of sp³-hybridized carbons (Fsp3) is 0.174. The van der Waals surface area contributed by atoms with Gasteiger partial charge in [0.25, 0.3) is 0 Å². The number of hydrogen-bond acceptors (Lipinski definition) is 2. The minimum atomic E-state index is -0.162. The Morgan fingerprint density at radius 1 is 0.760 bits per heavy atom. The summed E-state index contributed by atoms with van der Waals surface area (Å²) in [5.41, 5.74) is 4.22. The first-order valence-electron chi connectivity index (χ1n) is 8.55.